The van der Waals surface area contributed by atoms with Gasteiger partial charge in [-0.2, -0.15) is 39.5 Å². The average Bonchev–Trinajstić information content (AvgIpc) is 2.22. The largest absolute Gasteiger partial charge is 0.429 e. The van der Waals surface area contributed by atoms with Crippen LogP contribution in [0.3, 0.4) is 0 Å². The van der Waals surface area contributed by atoms with Gasteiger partial charge in [0.05, 0.1) is 5.69 Å². The van der Waals surface area contributed by atoms with Gasteiger partial charge >= 0.3 is 24.1 Å². The highest BCUT2D eigenvalue weighted by molar-refractivity contribution is 5.49. The molecule has 1 nitrogen and oxygen atoms in total. The standard InChI is InChI=1S/C10H5F10N/c11-5-3-1-2-4-6(5)21-7(8(12,13)14,9(15,16)17)10(18,19)20/h1-4,21H. The summed E-state index contributed by atoms with van der Waals surface area (Å²) in [6, 6.07) is 2.40. The fourth-order valence-corrected chi connectivity index (χ4v) is 1.46. The summed E-state index contributed by atoms with van der Waals surface area (Å²) >= 11 is 0. The zero-order chi connectivity index (χ0) is 16.7. The molecule has 1 aromatic carbocycles. The molecule has 0 radical (unpaired) electrons. The summed E-state index contributed by atoms with van der Waals surface area (Å²) in [5.41, 5.74) is -7.86. The Balaban J connectivity index is 3.56. The highest BCUT2D eigenvalue weighted by atomic mass is 19.4. The van der Waals surface area contributed by atoms with Crippen molar-refractivity contribution in [2.24, 2.45) is 0 Å². The van der Waals surface area contributed by atoms with E-state index in [2.05, 4.69) is 0 Å². The van der Waals surface area contributed by atoms with Gasteiger partial charge in [-0.3, -0.25) is 0 Å². The van der Waals surface area contributed by atoms with E-state index in [1.807, 2.05) is 0 Å². The summed E-state index contributed by atoms with van der Waals surface area (Å²) in [5, 5.41) is 0.231. The maximum atomic E-state index is 13.1. The van der Waals surface area contributed by atoms with Crippen molar-refractivity contribution in [2.45, 2.75) is 24.1 Å². The molecule has 0 amide bonds. The van der Waals surface area contributed by atoms with E-state index >= 15 is 0 Å². The summed E-state index contributed by atoms with van der Waals surface area (Å²) in [6.45, 7) is 0. The first-order valence-corrected chi connectivity index (χ1v) is 4.97. The van der Waals surface area contributed by atoms with Gasteiger partial charge in [0.1, 0.15) is 5.82 Å². The second-order valence-corrected chi connectivity index (χ2v) is 3.85. The SMILES string of the molecule is Fc1ccccc1NC(C(F)(F)F)(C(F)(F)F)C(F)(F)F. The average molecular weight is 329 g/mol. The van der Waals surface area contributed by atoms with E-state index in [1.54, 1.807) is 0 Å². The van der Waals surface area contributed by atoms with Crippen molar-refractivity contribution in [3.63, 3.8) is 0 Å². The van der Waals surface area contributed by atoms with Crippen molar-refractivity contribution in [3.05, 3.63) is 30.1 Å². The summed E-state index contributed by atoms with van der Waals surface area (Å²) in [7, 11) is 0. The minimum absolute atomic E-state index is 0.231. The second-order valence-electron chi connectivity index (χ2n) is 3.85. The van der Waals surface area contributed by atoms with Crippen LogP contribution < -0.4 is 5.32 Å². The van der Waals surface area contributed by atoms with Crippen LogP contribution in [0.25, 0.3) is 0 Å². The van der Waals surface area contributed by atoms with Crippen LogP contribution in [0.5, 0.6) is 0 Å². The fraction of sp³-hybridized carbons (Fsp3) is 0.400. The molecule has 0 saturated heterocycles. The molecule has 0 saturated carbocycles. The van der Waals surface area contributed by atoms with Gasteiger partial charge in [-0.15, -0.1) is 0 Å². The summed E-state index contributed by atoms with van der Waals surface area (Å²) < 4.78 is 126. The fourth-order valence-electron chi connectivity index (χ4n) is 1.46. The highest BCUT2D eigenvalue weighted by Gasteiger charge is 2.84. The molecule has 1 rings (SSSR count). The number of rotatable bonds is 2. The second kappa shape index (κ2) is 4.95. The summed E-state index contributed by atoms with van der Waals surface area (Å²) in [6.07, 6.45) is -20.4. The Kier molecular flexibility index (Phi) is 4.09. The van der Waals surface area contributed by atoms with E-state index in [-0.39, 0.29) is 5.32 Å². The van der Waals surface area contributed by atoms with Crippen LogP contribution in [0, 0.1) is 5.82 Å². The zero-order valence-corrected chi connectivity index (χ0v) is 9.59. The lowest BCUT2D eigenvalue weighted by Gasteiger charge is -2.39. The van der Waals surface area contributed by atoms with E-state index in [4.69, 9.17) is 0 Å². The number of halogens is 10. The van der Waals surface area contributed by atoms with Crippen LogP contribution in [-0.4, -0.2) is 24.1 Å². The Labute approximate surface area is 110 Å². The maximum absolute atomic E-state index is 13.1. The Morgan fingerprint density at radius 3 is 1.38 bits per heavy atom. The topological polar surface area (TPSA) is 12.0 Å². The van der Waals surface area contributed by atoms with Gasteiger partial charge in [-0.25, -0.2) is 4.39 Å². The van der Waals surface area contributed by atoms with E-state index in [0.29, 0.717) is 12.1 Å². The molecular weight excluding hydrogens is 324 g/mol. The van der Waals surface area contributed by atoms with Crippen LogP contribution in [0.1, 0.15) is 0 Å². The van der Waals surface area contributed by atoms with Gasteiger partial charge < -0.3 is 5.32 Å². The van der Waals surface area contributed by atoms with E-state index in [0.717, 1.165) is 12.1 Å². The number of alkyl halides is 9. The lowest BCUT2D eigenvalue weighted by molar-refractivity contribution is -0.370. The molecule has 0 atom stereocenters. The minimum Gasteiger partial charge on any atom is -0.354 e. The van der Waals surface area contributed by atoms with E-state index in [1.165, 1.54) is 0 Å². The summed E-state index contributed by atoms with van der Waals surface area (Å²) in [5.74, 6) is -1.69. The van der Waals surface area contributed by atoms with Gasteiger partial charge in [-0.05, 0) is 12.1 Å². The van der Waals surface area contributed by atoms with Crippen molar-refractivity contribution in [1.29, 1.82) is 0 Å². The van der Waals surface area contributed by atoms with Crippen LogP contribution >= 0.6 is 0 Å². The van der Waals surface area contributed by atoms with Gasteiger partial charge in [0.25, 0.3) is 0 Å². The Morgan fingerprint density at radius 2 is 1.05 bits per heavy atom. The molecule has 0 unspecified atom stereocenters. The normalized spacial score (nSPS) is 14.2. The van der Waals surface area contributed by atoms with Gasteiger partial charge in [-0.1, -0.05) is 12.1 Å². The Morgan fingerprint density at radius 1 is 0.667 bits per heavy atom. The third-order valence-corrected chi connectivity index (χ3v) is 2.47. The number of benzene rings is 1. The Hall–Kier alpha value is -1.68. The molecule has 0 aliphatic heterocycles. The van der Waals surface area contributed by atoms with Crippen molar-refractivity contribution < 1.29 is 43.9 Å². The maximum Gasteiger partial charge on any atom is 0.429 e. The van der Waals surface area contributed by atoms with Crippen LogP contribution in [0.15, 0.2) is 24.3 Å². The molecule has 0 aliphatic carbocycles. The molecule has 11 heteroatoms. The van der Waals surface area contributed by atoms with Crippen molar-refractivity contribution in [1.82, 2.24) is 0 Å². The molecule has 0 bridgehead atoms. The molecule has 0 spiro atoms. The first-order chi connectivity index (χ1) is 9.24. The van der Waals surface area contributed by atoms with Crippen LogP contribution in [0.4, 0.5) is 49.6 Å². The molecule has 0 fully saturated rings. The Bertz CT molecular complexity index is 462. The smallest absolute Gasteiger partial charge is 0.354 e. The van der Waals surface area contributed by atoms with Crippen molar-refractivity contribution in [3.8, 4) is 0 Å². The predicted octanol–water partition coefficient (Wildman–Crippen LogP) is 4.66. The molecule has 21 heavy (non-hydrogen) atoms. The molecule has 120 valence electrons. The van der Waals surface area contributed by atoms with Crippen LogP contribution in [-0.2, 0) is 0 Å². The van der Waals surface area contributed by atoms with Gasteiger partial charge in [0.2, 0.25) is 0 Å². The molecule has 0 aromatic heterocycles. The zero-order valence-electron chi connectivity index (χ0n) is 9.59. The number of para-hydroxylation sites is 1. The molecular formula is C10H5F10N. The molecule has 1 aromatic rings. The quantitative estimate of drug-likeness (QED) is 0.778. The van der Waals surface area contributed by atoms with Crippen LogP contribution in [0.2, 0.25) is 0 Å². The first-order valence-electron chi connectivity index (χ1n) is 4.97. The van der Waals surface area contributed by atoms with Crippen molar-refractivity contribution in [2.75, 3.05) is 5.32 Å². The number of anilines is 1. The lowest BCUT2D eigenvalue weighted by atomic mass is 9.96. The number of hydrogen-bond acceptors (Lipinski definition) is 1. The molecule has 0 heterocycles. The van der Waals surface area contributed by atoms with Gasteiger partial charge in [0.15, 0.2) is 0 Å². The predicted molar refractivity (Wildman–Crippen MR) is 50.9 cm³/mol. The third-order valence-electron chi connectivity index (χ3n) is 2.47. The molecule has 0 aliphatic rings. The lowest BCUT2D eigenvalue weighted by Crippen LogP contribution is -2.70. The van der Waals surface area contributed by atoms with E-state index < -0.39 is 35.6 Å². The number of nitrogens with one attached hydrogen (secondary N) is 1. The number of hydrogen-bond donors (Lipinski definition) is 1. The third kappa shape index (κ3) is 2.86. The molecule has 1 N–H and O–H groups in total. The van der Waals surface area contributed by atoms with E-state index in [9.17, 15) is 43.9 Å². The minimum atomic E-state index is -6.80. The van der Waals surface area contributed by atoms with Gasteiger partial charge in [0, 0.05) is 0 Å². The summed E-state index contributed by atoms with van der Waals surface area (Å²) in [4.78, 5) is 0. The first kappa shape index (κ1) is 17.4. The highest BCUT2D eigenvalue weighted by Crippen LogP contribution is 2.54. The monoisotopic (exact) mass is 329 g/mol. The van der Waals surface area contributed by atoms with Crippen molar-refractivity contribution >= 4 is 5.69 Å².